The average Bonchev–Trinajstić information content (AvgIpc) is 3.36. The van der Waals surface area contributed by atoms with Crippen LogP contribution in [-0.4, -0.2) is 45.1 Å². The van der Waals surface area contributed by atoms with Crippen molar-refractivity contribution in [3.8, 4) is 11.8 Å². The van der Waals surface area contributed by atoms with Gasteiger partial charge in [-0.25, -0.2) is 14.2 Å². The number of ether oxygens (including phenoxy) is 2. The van der Waals surface area contributed by atoms with Gasteiger partial charge in [-0.2, -0.15) is 0 Å². The molecule has 3 aromatic carbocycles. The van der Waals surface area contributed by atoms with Crippen LogP contribution in [0.2, 0.25) is 5.02 Å². The van der Waals surface area contributed by atoms with E-state index in [1.165, 1.54) is 79.8 Å². The molecule has 0 saturated heterocycles. The highest BCUT2D eigenvalue weighted by Crippen LogP contribution is 2.32. The molecule has 1 heterocycles. The summed E-state index contributed by atoms with van der Waals surface area (Å²) in [7, 11) is 0. The number of aromatic nitrogens is 2. The number of anilines is 1. The standard InChI is InChI=1S/C40H48ClN3O7/c1-3-5-6-7-8-9-10-11-12-19-26-51-39(48)31-24-25-32(41)33(27-31)42-36(46)34(35(45)30-22-17-14-18-23-30)44-37(47)38(50-4-2)43(40(44)49)28-29-20-15-13-16-21-29/h13-18,20-25,27,34,47H,3-12,19,26,28H2,1-2H3,(H,42,46). The minimum atomic E-state index is -1.86. The van der Waals surface area contributed by atoms with E-state index < -0.39 is 35.3 Å². The van der Waals surface area contributed by atoms with E-state index in [1.54, 1.807) is 49.4 Å². The molecule has 11 heteroatoms. The van der Waals surface area contributed by atoms with Crippen molar-refractivity contribution in [2.75, 3.05) is 18.5 Å². The summed E-state index contributed by atoms with van der Waals surface area (Å²) < 4.78 is 13.0. The molecule has 10 nitrogen and oxygen atoms in total. The van der Waals surface area contributed by atoms with Crippen molar-refractivity contribution < 1.29 is 29.0 Å². The van der Waals surface area contributed by atoms with Crippen molar-refractivity contribution in [2.24, 2.45) is 0 Å². The summed E-state index contributed by atoms with van der Waals surface area (Å²) in [5.41, 5.74) is 0.215. The van der Waals surface area contributed by atoms with E-state index in [4.69, 9.17) is 21.1 Å². The Bertz CT molecular complexity index is 1790. The van der Waals surface area contributed by atoms with E-state index in [-0.39, 0.29) is 47.5 Å². The first-order chi connectivity index (χ1) is 24.8. The van der Waals surface area contributed by atoms with Crippen molar-refractivity contribution in [3.63, 3.8) is 0 Å². The van der Waals surface area contributed by atoms with Crippen LogP contribution in [0.4, 0.5) is 5.69 Å². The van der Waals surface area contributed by atoms with Gasteiger partial charge in [0.15, 0.2) is 11.8 Å². The van der Waals surface area contributed by atoms with Gasteiger partial charge in [0.25, 0.3) is 17.7 Å². The summed E-state index contributed by atoms with van der Waals surface area (Å²) in [4.78, 5) is 54.9. The highest BCUT2D eigenvalue weighted by molar-refractivity contribution is 6.34. The molecular formula is C40H48ClN3O7. The Labute approximate surface area is 304 Å². The quantitative estimate of drug-likeness (QED) is 0.0382. The molecule has 0 aliphatic carbocycles. The molecule has 4 aromatic rings. The molecule has 0 aliphatic heterocycles. The van der Waals surface area contributed by atoms with Crippen molar-refractivity contribution in [3.05, 3.63) is 111 Å². The van der Waals surface area contributed by atoms with Gasteiger partial charge in [-0.15, -0.1) is 0 Å². The average molecular weight is 718 g/mol. The van der Waals surface area contributed by atoms with Crippen LogP contribution in [0.15, 0.2) is 83.7 Å². The molecule has 0 saturated carbocycles. The van der Waals surface area contributed by atoms with Crippen LogP contribution in [0.25, 0.3) is 0 Å². The molecule has 0 aliphatic rings. The zero-order chi connectivity index (χ0) is 36.6. The monoisotopic (exact) mass is 717 g/mol. The number of benzene rings is 3. The molecule has 1 atom stereocenters. The number of amides is 1. The third kappa shape index (κ3) is 10.8. The van der Waals surface area contributed by atoms with Crippen LogP contribution in [0.3, 0.4) is 0 Å². The Morgan fingerprint density at radius 3 is 2.04 bits per heavy atom. The number of nitrogens with one attached hydrogen (secondary N) is 1. The van der Waals surface area contributed by atoms with Gasteiger partial charge in [-0.05, 0) is 37.1 Å². The number of rotatable bonds is 21. The molecular weight excluding hydrogens is 670 g/mol. The topological polar surface area (TPSA) is 129 Å². The van der Waals surface area contributed by atoms with Gasteiger partial charge < -0.3 is 19.9 Å². The fraction of sp³-hybridized carbons (Fsp3) is 0.400. The Kier molecular flexibility index (Phi) is 15.4. The molecule has 0 fully saturated rings. The van der Waals surface area contributed by atoms with Gasteiger partial charge in [-0.3, -0.25) is 14.2 Å². The second kappa shape index (κ2) is 20.1. The molecule has 0 spiro atoms. The van der Waals surface area contributed by atoms with E-state index >= 15 is 0 Å². The van der Waals surface area contributed by atoms with Gasteiger partial charge in [0, 0.05) is 5.56 Å². The number of nitrogens with zero attached hydrogens (tertiary/aromatic N) is 2. The third-order valence-electron chi connectivity index (χ3n) is 8.57. The van der Waals surface area contributed by atoms with E-state index in [0.29, 0.717) is 0 Å². The first kappa shape index (κ1) is 39.0. The number of imidazole rings is 1. The number of hydrogen-bond acceptors (Lipinski definition) is 7. The minimum absolute atomic E-state index is 0.0124. The number of esters is 1. The van der Waals surface area contributed by atoms with E-state index in [9.17, 15) is 24.3 Å². The third-order valence-corrected chi connectivity index (χ3v) is 8.90. The zero-order valence-electron chi connectivity index (χ0n) is 29.4. The molecule has 1 aromatic heterocycles. The van der Waals surface area contributed by atoms with Gasteiger partial charge in [0.1, 0.15) is 0 Å². The lowest BCUT2D eigenvalue weighted by atomic mass is 10.0. The maximum absolute atomic E-state index is 14.1. The Morgan fingerprint density at radius 2 is 1.41 bits per heavy atom. The highest BCUT2D eigenvalue weighted by atomic mass is 35.5. The SMILES string of the molecule is CCCCCCCCCCCCOC(=O)c1ccc(Cl)c(NC(=O)C(C(=O)c2ccccc2)n2c(O)c(OCC)n(Cc3ccccc3)c2=O)c1. The Morgan fingerprint density at radius 1 is 0.804 bits per heavy atom. The number of Topliss-reactive ketones (excluding diaryl/α,β-unsaturated/α-hetero) is 1. The summed E-state index contributed by atoms with van der Waals surface area (Å²) in [5, 5.41) is 14.1. The number of carbonyl (C=O) groups is 3. The number of halogens is 1. The molecule has 0 bridgehead atoms. The van der Waals surface area contributed by atoms with Crippen molar-refractivity contribution in [1.29, 1.82) is 0 Å². The summed E-state index contributed by atoms with van der Waals surface area (Å²) >= 11 is 6.44. The van der Waals surface area contributed by atoms with E-state index in [2.05, 4.69) is 12.2 Å². The lowest BCUT2D eigenvalue weighted by molar-refractivity contribution is -0.118. The lowest BCUT2D eigenvalue weighted by Gasteiger charge is -2.18. The maximum atomic E-state index is 14.1. The maximum Gasteiger partial charge on any atom is 0.338 e. The van der Waals surface area contributed by atoms with Crippen LogP contribution in [0.1, 0.15) is 110 Å². The minimum Gasteiger partial charge on any atom is -0.491 e. The fourth-order valence-electron chi connectivity index (χ4n) is 5.85. The number of unbranched alkanes of at least 4 members (excludes halogenated alkanes) is 9. The van der Waals surface area contributed by atoms with Gasteiger partial charge in [0.2, 0.25) is 0 Å². The van der Waals surface area contributed by atoms with E-state index in [0.717, 1.165) is 29.4 Å². The number of aromatic hydroxyl groups is 1. The van der Waals surface area contributed by atoms with Crippen LogP contribution in [0, 0.1) is 0 Å². The van der Waals surface area contributed by atoms with Crippen LogP contribution in [-0.2, 0) is 16.1 Å². The summed E-state index contributed by atoms with van der Waals surface area (Å²) in [5.74, 6) is -3.16. The summed E-state index contributed by atoms with van der Waals surface area (Å²) in [6.07, 6.45) is 11.6. The molecule has 2 N–H and O–H groups in total. The predicted molar refractivity (Wildman–Crippen MR) is 199 cm³/mol. The van der Waals surface area contributed by atoms with Crippen LogP contribution < -0.4 is 15.7 Å². The smallest absolute Gasteiger partial charge is 0.338 e. The van der Waals surface area contributed by atoms with Crippen LogP contribution >= 0.6 is 11.6 Å². The molecule has 1 amide bonds. The predicted octanol–water partition coefficient (Wildman–Crippen LogP) is 8.60. The van der Waals surface area contributed by atoms with Gasteiger partial charge in [0.05, 0.1) is 36.0 Å². The highest BCUT2D eigenvalue weighted by Gasteiger charge is 2.37. The molecule has 272 valence electrons. The molecule has 4 rings (SSSR count). The lowest BCUT2D eigenvalue weighted by Crippen LogP contribution is -2.39. The molecule has 51 heavy (non-hydrogen) atoms. The molecule has 1 unspecified atom stereocenters. The first-order valence-electron chi connectivity index (χ1n) is 17.8. The Balaban J connectivity index is 1.52. The van der Waals surface area contributed by atoms with Crippen molar-refractivity contribution in [2.45, 2.75) is 90.6 Å². The molecule has 0 radical (unpaired) electrons. The second-order valence-corrected chi connectivity index (χ2v) is 12.8. The second-order valence-electron chi connectivity index (χ2n) is 12.4. The normalized spacial score (nSPS) is 11.6. The number of hydrogen-bond donors (Lipinski definition) is 2. The van der Waals surface area contributed by atoms with Crippen LogP contribution in [0.5, 0.6) is 11.8 Å². The Hall–Kier alpha value is -4.83. The largest absolute Gasteiger partial charge is 0.491 e. The van der Waals surface area contributed by atoms with E-state index in [1.807, 2.05) is 6.07 Å². The zero-order valence-corrected chi connectivity index (χ0v) is 30.2. The van der Waals surface area contributed by atoms with Crippen molar-refractivity contribution in [1.82, 2.24) is 9.13 Å². The fourth-order valence-corrected chi connectivity index (χ4v) is 6.01. The summed E-state index contributed by atoms with van der Waals surface area (Å²) in [6, 6.07) is 19.4. The summed E-state index contributed by atoms with van der Waals surface area (Å²) in [6.45, 7) is 4.28. The number of ketones is 1. The number of carbonyl (C=O) groups excluding carboxylic acids is 3. The van der Waals surface area contributed by atoms with Gasteiger partial charge in [-0.1, -0.05) is 137 Å². The van der Waals surface area contributed by atoms with Gasteiger partial charge >= 0.3 is 11.7 Å². The van der Waals surface area contributed by atoms with Crippen molar-refractivity contribution >= 4 is 34.9 Å². The first-order valence-corrected chi connectivity index (χ1v) is 18.2.